The van der Waals surface area contributed by atoms with E-state index in [4.69, 9.17) is 0 Å². The molecule has 33 heavy (non-hydrogen) atoms. The third-order valence-corrected chi connectivity index (χ3v) is 7.63. The Hall–Kier alpha value is -2.49. The van der Waals surface area contributed by atoms with E-state index in [0.29, 0.717) is 6.54 Å². The molecule has 2 heterocycles. The van der Waals surface area contributed by atoms with E-state index in [9.17, 15) is 13.2 Å². The summed E-state index contributed by atoms with van der Waals surface area (Å²) in [6.45, 7) is 11.2. The minimum Gasteiger partial charge on any atom is -0.354 e. The number of hydrogen-bond acceptors (Lipinski definition) is 6. The summed E-state index contributed by atoms with van der Waals surface area (Å²) in [5, 5.41) is 3.01. The lowest BCUT2D eigenvalue weighted by atomic mass is 10.1. The fourth-order valence-electron chi connectivity index (χ4n) is 3.96. The topological polar surface area (TPSA) is 94.6 Å². The van der Waals surface area contributed by atoms with Crippen molar-refractivity contribution < 1.29 is 13.2 Å². The average molecular weight is 474 g/mol. The largest absolute Gasteiger partial charge is 0.354 e. The van der Waals surface area contributed by atoms with Crippen molar-refractivity contribution in [3.05, 3.63) is 47.7 Å². The molecule has 1 aromatic carbocycles. The minimum atomic E-state index is -3.57. The Labute approximate surface area is 197 Å². The molecule has 1 aromatic heterocycles. The predicted octanol–water partition coefficient (Wildman–Crippen LogP) is 2.93. The molecule has 8 nitrogen and oxygen atoms in total. The third kappa shape index (κ3) is 6.75. The van der Waals surface area contributed by atoms with Crippen LogP contribution in [-0.2, 0) is 14.8 Å². The lowest BCUT2D eigenvalue weighted by molar-refractivity contribution is -0.117. The van der Waals surface area contributed by atoms with Crippen molar-refractivity contribution in [1.29, 1.82) is 0 Å². The van der Waals surface area contributed by atoms with E-state index < -0.39 is 10.0 Å². The van der Waals surface area contributed by atoms with Gasteiger partial charge >= 0.3 is 0 Å². The number of aryl methyl sites for hydroxylation is 1. The highest BCUT2D eigenvalue weighted by atomic mass is 32.2. The quantitative estimate of drug-likeness (QED) is 0.582. The number of sulfonamides is 1. The maximum atomic E-state index is 12.5. The van der Waals surface area contributed by atoms with E-state index >= 15 is 0 Å². The van der Waals surface area contributed by atoms with Crippen molar-refractivity contribution in [2.75, 3.05) is 42.9 Å². The lowest BCUT2D eigenvalue weighted by Gasteiger charge is -2.35. The number of aromatic nitrogens is 1. The van der Waals surface area contributed by atoms with E-state index in [1.165, 1.54) is 6.20 Å². The van der Waals surface area contributed by atoms with Gasteiger partial charge in [0.1, 0.15) is 10.7 Å². The van der Waals surface area contributed by atoms with Crippen LogP contribution in [0.25, 0.3) is 0 Å². The second kappa shape index (κ2) is 11.1. The van der Waals surface area contributed by atoms with Crippen molar-refractivity contribution in [2.24, 2.45) is 0 Å². The molecule has 0 radical (unpaired) electrons. The van der Waals surface area contributed by atoms with Gasteiger partial charge in [0.2, 0.25) is 15.9 Å². The number of amides is 1. The molecule has 180 valence electrons. The Morgan fingerprint density at radius 2 is 1.85 bits per heavy atom. The van der Waals surface area contributed by atoms with Crippen LogP contribution in [0.5, 0.6) is 0 Å². The zero-order valence-corrected chi connectivity index (χ0v) is 20.8. The van der Waals surface area contributed by atoms with Gasteiger partial charge < -0.3 is 10.2 Å². The molecule has 9 heteroatoms. The first-order valence-corrected chi connectivity index (χ1v) is 13.0. The van der Waals surface area contributed by atoms with E-state index in [-0.39, 0.29) is 16.8 Å². The SMILES string of the molecule is CCC[C@@H](C)NS(=O)(=O)c1ccc(N2CCN(CC(=O)Nc3cccc(C)c3C)CC2)nc1. The summed E-state index contributed by atoms with van der Waals surface area (Å²) in [6, 6.07) is 9.15. The summed E-state index contributed by atoms with van der Waals surface area (Å²) in [5.41, 5.74) is 3.10. The van der Waals surface area contributed by atoms with Crippen LogP contribution in [0, 0.1) is 13.8 Å². The molecule has 1 fully saturated rings. The van der Waals surface area contributed by atoms with Crippen molar-refractivity contribution >= 4 is 27.4 Å². The fraction of sp³-hybridized carbons (Fsp3) is 0.500. The molecule has 0 unspecified atom stereocenters. The summed E-state index contributed by atoms with van der Waals surface area (Å²) >= 11 is 0. The van der Waals surface area contributed by atoms with Crippen molar-refractivity contribution in [1.82, 2.24) is 14.6 Å². The van der Waals surface area contributed by atoms with Gasteiger partial charge in [0, 0.05) is 44.1 Å². The molecule has 1 saturated heterocycles. The summed E-state index contributed by atoms with van der Waals surface area (Å²) in [5.74, 6) is 0.727. The smallest absolute Gasteiger partial charge is 0.242 e. The zero-order valence-electron chi connectivity index (χ0n) is 20.0. The molecule has 1 aliphatic heterocycles. The normalized spacial score (nSPS) is 15.9. The van der Waals surface area contributed by atoms with E-state index in [2.05, 4.69) is 24.8 Å². The van der Waals surface area contributed by atoms with Crippen molar-refractivity contribution in [3.8, 4) is 0 Å². The first-order chi connectivity index (χ1) is 15.7. The number of benzene rings is 1. The Kier molecular flexibility index (Phi) is 8.45. The number of carbonyl (C=O) groups is 1. The van der Waals surface area contributed by atoms with Gasteiger partial charge in [0.25, 0.3) is 0 Å². The molecule has 2 aromatic rings. The van der Waals surface area contributed by atoms with E-state index in [0.717, 1.165) is 61.7 Å². The summed E-state index contributed by atoms with van der Waals surface area (Å²) in [4.78, 5) is 21.3. The number of pyridine rings is 1. The summed E-state index contributed by atoms with van der Waals surface area (Å²) in [7, 11) is -3.57. The fourth-order valence-corrected chi connectivity index (χ4v) is 5.18. The third-order valence-electron chi connectivity index (χ3n) is 6.05. The Morgan fingerprint density at radius 1 is 1.12 bits per heavy atom. The highest BCUT2D eigenvalue weighted by molar-refractivity contribution is 7.89. The lowest BCUT2D eigenvalue weighted by Crippen LogP contribution is -2.49. The monoisotopic (exact) mass is 473 g/mol. The summed E-state index contributed by atoms with van der Waals surface area (Å²) < 4.78 is 27.7. The highest BCUT2D eigenvalue weighted by Gasteiger charge is 2.22. The molecule has 3 rings (SSSR count). The number of nitrogens with one attached hydrogen (secondary N) is 2. The maximum Gasteiger partial charge on any atom is 0.242 e. The highest BCUT2D eigenvalue weighted by Crippen LogP contribution is 2.19. The minimum absolute atomic E-state index is 0.0189. The van der Waals surface area contributed by atoms with Crippen LogP contribution in [-0.4, -0.2) is 63.0 Å². The predicted molar refractivity (Wildman–Crippen MR) is 132 cm³/mol. The van der Waals surface area contributed by atoms with Crippen molar-refractivity contribution in [3.63, 3.8) is 0 Å². The number of nitrogens with zero attached hydrogens (tertiary/aromatic N) is 3. The zero-order chi connectivity index (χ0) is 24.0. The molecule has 0 aliphatic carbocycles. The van der Waals surface area contributed by atoms with Crippen LogP contribution in [0.3, 0.4) is 0 Å². The number of hydrogen-bond donors (Lipinski definition) is 2. The second-order valence-electron chi connectivity index (χ2n) is 8.72. The van der Waals surface area contributed by atoms with Gasteiger partial charge in [-0.3, -0.25) is 9.69 Å². The molecule has 1 amide bonds. The number of rotatable bonds is 9. The molecular formula is C24H35N5O3S. The van der Waals surface area contributed by atoms with Crippen LogP contribution >= 0.6 is 0 Å². The van der Waals surface area contributed by atoms with Gasteiger partial charge in [-0.05, 0) is 56.5 Å². The molecule has 0 spiro atoms. The van der Waals surface area contributed by atoms with Crippen LogP contribution in [0.4, 0.5) is 11.5 Å². The number of anilines is 2. The van der Waals surface area contributed by atoms with Crippen LogP contribution in [0.15, 0.2) is 41.4 Å². The van der Waals surface area contributed by atoms with E-state index in [1.54, 1.807) is 12.1 Å². The first-order valence-electron chi connectivity index (χ1n) is 11.5. The van der Waals surface area contributed by atoms with Gasteiger partial charge in [-0.2, -0.15) is 0 Å². The Bertz CT molecular complexity index is 1050. The molecule has 2 N–H and O–H groups in total. The van der Waals surface area contributed by atoms with Crippen LogP contribution in [0.2, 0.25) is 0 Å². The number of piperazine rings is 1. The molecular weight excluding hydrogens is 438 g/mol. The second-order valence-corrected chi connectivity index (χ2v) is 10.4. The number of carbonyl (C=O) groups excluding carboxylic acids is 1. The maximum absolute atomic E-state index is 12.5. The Balaban J connectivity index is 1.51. The Morgan fingerprint density at radius 3 is 2.48 bits per heavy atom. The molecule has 0 bridgehead atoms. The van der Waals surface area contributed by atoms with E-state index in [1.807, 2.05) is 45.9 Å². The van der Waals surface area contributed by atoms with Gasteiger partial charge in [0.15, 0.2) is 0 Å². The van der Waals surface area contributed by atoms with Crippen LogP contribution < -0.4 is 14.9 Å². The van der Waals surface area contributed by atoms with Crippen LogP contribution in [0.1, 0.15) is 37.8 Å². The first kappa shape index (κ1) is 25.1. The van der Waals surface area contributed by atoms with Gasteiger partial charge in [-0.15, -0.1) is 0 Å². The van der Waals surface area contributed by atoms with Gasteiger partial charge in [-0.1, -0.05) is 25.5 Å². The van der Waals surface area contributed by atoms with Gasteiger partial charge in [0.05, 0.1) is 6.54 Å². The van der Waals surface area contributed by atoms with Gasteiger partial charge in [-0.25, -0.2) is 18.1 Å². The molecule has 1 atom stereocenters. The summed E-state index contributed by atoms with van der Waals surface area (Å²) in [6.07, 6.45) is 3.12. The average Bonchev–Trinajstić information content (AvgIpc) is 2.77. The molecule has 0 saturated carbocycles. The standard InChI is InChI=1S/C24H35N5O3S/c1-5-7-19(3)27-33(31,32)21-10-11-23(25-16-21)29-14-12-28(13-15-29)17-24(30)26-22-9-6-8-18(2)20(22)4/h6,8-11,16,19,27H,5,7,12-15,17H2,1-4H3,(H,26,30)/t19-/m1/s1. The molecule has 1 aliphatic rings. The van der Waals surface area contributed by atoms with Crippen molar-refractivity contribution in [2.45, 2.75) is 51.5 Å².